The zero-order valence-electron chi connectivity index (χ0n) is 18.7. The lowest BCUT2D eigenvalue weighted by molar-refractivity contribution is -0.121. The fourth-order valence-electron chi connectivity index (χ4n) is 3.42. The zero-order chi connectivity index (χ0) is 22.4. The molecule has 1 aromatic carbocycles. The summed E-state index contributed by atoms with van der Waals surface area (Å²) >= 11 is 0. The van der Waals surface area contributed by atoms with Gasteiger partial charge in [0.15, 0.2) is 0 Å². The molecule has 1 amide bonds. The molecule has 1 N–H and O–H groups in total. The summed E-state index contributed by atoms with van der Waals surface area (Å²) in [6.07, 6.45) is 5.44. The predicted molar refractivity (Wildman–Crippen MR) is 120 cm³/mol. The average Bonchev–Trinajstić information content (AvgIpc) is 3.12. The van der Waals surface area contributed by atoms with E-state index in [0.29, 0.717) is 37.7 Å². The fraction of sp³-hybridized carbons (Fsp3) is 0.478. The lowest BCUT2D eigenvalue weighted by Gasteiger charge is -2.12. The highest BCUT2D eigenvalue weighted by atomic mass is 16.5. The minimum atomic E-state index is -0.246. The second-order valence-electron chi connectivity index (χ2n) is 8.26. The molecule has 0 aliphatic carbocycles. The Hall–Kier alpha value is -3.16. The van der Waals surface area contributed by atoms with Crippen molar-refractivity contribution in [2.45, 2.75) is 47.0 Å². The Morgan fingerprint density at radius 1 is 1.13 bits per heavy atom. The van der Waals surface area contributed by atoms with E-state index >= 15 is 0 Å². The van der Waals surface area contributed by atoms with Crippen LogP contribution in [-0.2, 0) is 11.2 Å². The Labute approximate surface area is 182 Å². The summed E-state index contributed by atoms with van der Waals surface area (Å²) in [5.74, 6) is 2.12. The second kappa shape index (κ2) is 10.2. The number of ether oxygens (including phenoxy) is 1. The lowest BCUT2D eigenvalue weighted by atomic mass is 10.0. The molecular formula is C23H31N5O3. The minimum absolute atomic E-state index is 0.0415. The Kier molecular flexibility index (Phi) is 7.44. The summed E-state index contributed by atoms with van der Waals surface area (Å²) in [5.41, 5.74) is 0.747. The highest BCUT2D eigenvalue weighted by Crippen LogP contribution is 2.15. The monoisotopic (exact) mass is 425 g/mol. The third-order valence-electron chi connectivity index (χ3n) is 5.08. The van der Waals surface area contributed by atoms with E-state index < -0.39 is 0 Å². The van der Waals surface area contributed by atoms with Crippen LogP contribution >= 0.6 is 0 Å². The molecule has 0 bridgehead atoms. The van der Waals surface area contributed by atoms with Crippen LogP contribution in [0.5, 0.6) is 5.75 Å². The van der Waals surface area contributed by atoms with Crippen molar-refractivity contribution in [1.29, 1.82) is 0 Å². The molecule has 8 heteroatoms. The highest BCUT2D eigenvalue weighted by molar-refractivity contribution is 5.76. The van der Waals surface area contributed by atoms with Crippen LogP contribution in [0.3, 0.4) is 0 Å². The number of rotatable bonds is 10. The van der Waals surface area contributed by atoms with Crippen LogP contribution in [0.25, 0.3) is 11.3 Å². The number of benzene rings is 1. The summed E-state index contributed by atoms with van der Waals surface area (Å²) in [4.78, 5) is 25.1. The predicted octanol–water partition coefficient (Wildman–Crippen LogP) is 3.01. The van der Waals surface area contributed by atoms with Crippen LogP contribution in [0.2, 0.25) is 0 Å². The quantitative estimate of drug-likeness (QED) is 0.539. The number of fused-ring (bicyclic) bond motifs is 1. The smallest absolute Gasteiger partial charge is 0.300 e. The molecule has 3 aromatic rings. The highest BCUT2D eigenvalue weighted by Gasteiger charge is 2.16. The molecule has 0 saturated heterocycles. The van der Waals surface area contributed by atoms with Crippen molar-refractivity contribution in [1.82, 2.24) is 24.5 Å². The van der Waals surface area contributed by atoms with E-state index in [1.807, 2.05) is 38.1 Å². The molecule has 2 aromatic heterocycles. The van der Waals surface area contributed by atoms with Crippen molar-refractivity contribution >= 4 is 11.6 Å². The number of carbonyl (C=O) groups excluding carboxylic acids is 1. The Balaban J connectivity index is 1.70. The fourth-order valence-corrected chi connectivity index (χ4v) is 3.42. The van der Waals surface area contributed by atoms with Crippen molar-refractivity contribution < 1.29 is 9.53 Å². The molecular weight excluding hydrogens is 394 g/mol. The summed E-state index contributed by atoms with van der Waals surface area (Å²) < 4.78 is 8.70. The van der Waals surface area contributed by atoms with E-state index in [1.165, 1.54) is 4.57 Å². The standard InChI is InChI=1S/C23H31N5O3/c1-5-31-19-8-6-18(7-9-19)27-12-13-28-20(25-26-22(28)23(27)30)14-17(4)15-21(29)24-11-10-16(2)3/h6-9,12-13,16-17H,5,10-11,14-15H2,1-4H3,(H,24,29)/t17-/m1/s1. The summed E-state index contributed by atoms with van der Waals surface area (Å²) in [6.45, 7) is 9.48. The molecule has 3 rings (SSSR count). The first-order valence-electron chi connectivity index (χ1n) is 10.8. The molecule has 0 saturated carbocycles. The third kappa shape index (κ3) is 5.71. The van der Waals surface area contributed by atoms with Crippen LogP contribution in [0.1, 0.15) is 46.4 Å². The van der Waals surface area contributed by atoms with E-state index in [0.717, 1.165) is 17.9 Å². The third-order valence-corrected chi connectivity index (χ3v) is 5.08. The van der Waals surface area contributed by atoms with Gasteiger partial charge in [0.2, 0.25) is 11.6 Å². The Bertz CT molecular complexity index is 1070. The van der Waals surface area contributed by atoms with E-state index in [-0.39, 0.29) is 23.0 Å². The molecule has 8 nitrogen and oxygen atoms in total. The number of hydrogen-bond acceptors (Lipinski definition) is 5. The number of hydrogen-bond donors (Lipinski definition) is 1. The Morgan fingerprint density at radius 2 is 1.87 bits per heavy atom. The van der Waals surface area contributed by atoms with E-state index in [9.17, 15) is 9.59 Å². The molecule has 0 aliphatic heterocycles. The van der Waals surface area contributed by atoms with Crippen LogP contribution in [0.15, 0.2) is 41.5 Å². The number of nitrogens with one attached hydrogen (secondary N) is 1. The molecule has 0 fully saturated rings. The molecule has 0 aliphatic rings. The van der Waals surface area contributed by atoms with Gasteiger partial charge in [-0.15, -0.1) is 10.2 Å². The van der Waals surface area contributed by atoms with E-state index in [2.05, 4.69) is 29.4 Å². The SMILES string of the molecule is CCOc1ccc(-n2ccn3c(C[C@@H](C)CC(=O)NCCC(C)C)nnc3c2=O)cc1. The topological polar surface area (TPSA) is 90.5 Å². The summed E-state index contributed by atoms with van der Waals surface area (Å²) in [6, 6.07) is 7.33. The van der Waals surface area contributed by atoms with Crippen molar-refractivity contribution in [2.24, 2.45) is 11.8 Å². The largest absolute Gasteiger partial charge is 0.494 e. The second-order valence-corrected chi connectivity index (χ2v) is 8.26. The molecule has 31 heavy (non-hydrogen) atoms. The summed E-state index contributed by atoms with van der Waals surface area (Å²) in [7, 11) is 0. The van der Waals surface area contributed by atoms with Gasteiger partial charge in [-0.25, -0.2) is 0 Å². The van der Waals surface area contributed by atoms with Gasteiger partial charge in [-0.2, -0.15) is 0 Å². The first-order valence-corrected chi connectivity index (χ1v) is 10.8. The maximum atomic E-state index is 12.9. The molecule has 0 radical (unpaired) electrons. The zero-order valence-corrected chi connectivity index (χ0v) is 18.7. The van der Waals surface area contributed by atoms with Gasteiger partial charge in [-0.05, 0) is 49.4 Å². The van der Waals surface area contributed by atoms with Crippen molar-refractivity contribution in [3.8, 4) is 11.4 Å². The Morgan fingerprint density at radius 3 is 2.55 bits per heavy atom. The van der Waals surface area contributed by atoms with Gasteiger partial charge in [0.25, 0.3) is 0 Å². The van der Waals surface area contributed by atoms with Crippen molar-refractivity contribution in [3.05, 3.63) is 52.8 Å². The van der Waals surface area contributed by atoms with E-state index in [4.69, 9.17) is 4.74 Å². The number of nitrogens with zero attached hydrogens (tertiary/aromatic N) is 4. The van der Waals surface area contributed by atoms with Crippen molar-refractivity contribution in [3.63, 3.8) is 0 Å². The maximum Gasteiger partial charge on any atom is 0.300 e. The van der Waals surface area contributed by atoms with Gasteiger partial charge >= 0.3 is 5.56 Å². The molecule has 0 spiro atoms. The van der Waals surface area contributed by atoms with Crippen LogP contribution in [0.4, 0.5) is 0 Å². The van der Waals surface area contributed by atoms with Crippen molar-refractivity contribution in [2.75, 3.05) is 13.2 Å². The van der Waals surface area contributed by atoms with Gasteiger partial charge < -0.3 is 10.1 Å². The number of carbonyl (C=O) groups is 1. The molecule has 166 valence electrons. The van der Waals surface area contributed by atoms with Gasteiger partial charge in [0, 0.05) is 37.5 Å². The number of aromatic nitrogens is 4. The van der Waals surface area contributed by atoms with Gasteiger partial charge in [0.1, 0.15) is 11.6 Å². The van der Waals surface area contributed by atoms with Crippen LogP contribution in [-0.4, -0.2) is 38.2 Å². The molecule has 2 heterocycles. The van der Waals surface area contributed by atoms with Gasteiger partial charge in [0.05, 0.1) is 6.61 Å². The maximum absolute atomic E-state index is 12.9. The summed E-state index contributed by atoms with van der Waals surface area (Å²) in [5, 5.41) is 11.3. The first kappa shape index (κ1) is 22.5. The minimum Gasteiger partial charge on any atom is -0.494 e. The van der Waals surface area contributed by atoms with Crippen LogP contribution in [0, 0.1) is 11.8 Å². The van der Waals surface area contributed by atoms with Gasteiger partial charge in [-0.1, -0.05) is 20.8 Å². The van der Waals surface area contributed by atoms with Gasteiger partial charge in [-0.3, -0.25) is 18.6 Å². The lowest BCUT2D eigenvalue weighted by Crippen LogP contribution is -2.27. The molecule has 1 atom stereocenters. The average molecular weight is 426 g/mol. The van der Waals surface area contributed by atoms with E-state index in [1.54, 1.807) is 16.8 Å². The van der Waals surface area contributed by atoms with Crippen LogP contribution < -0.4 is 15.6 Å². The molecule has 0 unspecified atom stereocenters. The normalized spacial score (nSPS) is 12.3. The first-order chi connectivity index (χ1) is 14.9. The number of amides is 1.